The van der Waals surface area contributed by atoms with Gasteiger partial charge in [0.15, 0.2) is 0 Å². The maximum atomic E-state index is 6.02. The average Bonchev–Trinajstić information content (AvgIpc) is 2.45. The maximum Gasteiger partial charge on any atom is 0.119 e. The SMILES string of the molecule is CCN(CCOc1ccccc1)c1cccc(Cl)c1. The molecular formula is C16H18ClNO. The molecule has 2 aromatic rings. The molecule has 0 radical (unpaired) electrons. The predicted octanol–water partition coefficient (Wildman–Crippen LogP) is 4.25. The van der Waals surface area contributed by atoms with Crippen molar-refractivity contribution in [2.45, 2.75) is 6.92 Å². The molecule has 0 heterocycles. The van der Waals surface area contributed by atoms with Gasteiger partial charge in [0.25, 0.3) is 0 Å². The van der Waals surface area contributed by atoms with Crippen molar-refractivity contribution in [1.82, 2.24) is 0 Å². The van der Waals surface area contributed by atoms with E-state index in [1.54, 1.807) is 0 Å². The Morgan fingerprint density at radius 3 is 2.53 bits per heavy atom. The second-order valence-electron chi connectivity index (χ2n) is 4.22. The second kappa shape index (κ2) is 7.05. The van der Waals surface area contributed by atoms with E-state index in [-0.39, 0.29) is 0 Å². The topological polar surface area (TPSA) is 12.5 Å². The summed E-state index contributed by atoms with van der Waals surface area (Å²) in [7, 11) is 0. The third-order valence-corrected chi connectivity index (χ3v) is 3.16. The van der Waals surface area contributed by atoms with Crippen LogP contribution in [0.2, 0.25) is 5.02 Å². The van der Waals surface area contributed by atoms with Crippen LogP contribution in [0.4, 0.5) is 5.69 Å². The molecule has 0 aliphatic heterocycles. The van der Waals surface area contributed by atoms with Gasteiger partial charge >= 0.3 is 0 Å². The molecule has 0 unspecified atom stereocenters. The summed E-state index contributed by atoms with van der Waals surface area (Å²) in [6.07, 6.45) is 0. The van der Waals surface area contributed by atoms with Crippen LogP contribution in [0.15, 0.2) is 54.6 Å². The van der Waals surface area contributed by atoms with Gasteiger partial charge in [-0.15, -0.1) is 0 Å². The first-order valence-electron chi connectivity index (χ1n) is 6.48. The Bertz CT molecular complexity index is 501. The minimum atomic E-state index is 0.657. The molecule has 3 heteroatoms. The van der Waals surface area contributed by atoms with Gasteiger partial charge in [0, 0.05) is 17.3 Å². The molecule has 0 fully saturated rings. The molecule has 0 amide bonds. The molecule has 0 bridgehead atoms. The van der Waals surface area contributed by atoms with E-state index in [0.29, 0.717) is 6.61 Å². The first-order valence-corrected chi connectivity index (χ1v) is 6.85. The van der Waals surface area contributed by atoms with Gasteiger partial charge in [0.2, 0.25) is 0 Å². The van der Waals surface area contributed by atoms with Gasteiger partial charge in [-0.1, -0.05) is 35.9 Å². The fourth-order valence-corrected chi connectivity index (χ4v) is 2.12. The number of likely N-dealkylation sites (N-methyl/N-ethyl adjacent to an activating group) is 1. The van der Waals surface area contributed by atoms with Gasteiger partial charge in [-0.3, -0.25) is 0 Å². The molecule has 2 nitrogen and oxygen atoms in total. The van der Waals surface area contributed by atoms with Crippen LogP contribution in [-0.4, -0.2) is 19.7 Å². The van der Waals surface area contributed by atoms with Crippen LogP contribution in [0.5, 0.6) is 5.75 Å². The number of anilines is 1. The van der Waals surface area contributed by atoms with E-state index in [1.807, 2.05) is 48.5 Å². The summed E-state index contributed by atoms with van der Waals surface area (Å²) in [5, 5.41) is 0.764. The van der Waals surface area contributed by atoms with Crippen LogP contribution in [-0.2, 0) is 0 Å². The van der Waals surface area contributed by atoms with Crippen molar-refractivity contribution in [3.63, 3.8) is 0 Å². The monoisotopic (exact) mass is 275 g/mol. The molecule has 0 aromatic heterocycles. The van der Waals surface area contributed by atoms with Gasteiger partial charge in [-0.25, -0.2) is 0 Å². The predicted molar refractivity (Wildman–Crippen MR) is 81.3 cm³/mol. The zero-order chi connectivity index (χ0) is 13.5. The molecule has 0 aliphatic carbocycles. The number of nitrogens with zero attached hydrogens (tertiary/aromatic N) is 1. The number of para-hydroxylation sites is 1. The van der Waals surface area contributed by atoms with Crippen LogP contribution in [0, 0.1) is 0 Å². The summed E-state index contributed by atoms with van der Waals surface area (Å²) in [6, 6.07) is 17.8. The second-order valence-corrected chi connectivity index (χ2v) is 4.66. The molecule has 0 saturated carbocycles. The van der Waals surface area contributed by atoms with Crippen LogP contribution in [0.25, 0.3) is 0 Å². The van der Waals surface area contributed by atoms with Crippen molar-refractivity contribution in [2.24, 2.45) is 0 Å². The lowest BCUT2D eigenvalue weighted by atomic mass is 10.3. The molecular weight excluding hydrogens is 258 g/mol. The van der Waals surface area contributed by atoms with Gasteiger partial charge in [0.05, 0.1) is 6.54 Å². The highest BCUT2D eigenvalue weighted by atomic mass is 35.5. The zero-order valence-corrected chi connectivity index (χ0v) is 11.8. The fraction of sp³-hybridized carbons (Fsp3) is 0.250. The van der Waals surface area contributed by atoms with Gasteiger partial charge in [-0.05, 0) is 37.3 Å². The Morgan fingerprint density at radius 1 is 1.05 bits per heavy atom. The van der Waals surface area contributed by atoms with Crippen molar-refractivity contribution in [3.8, 4) is 5.75 Å². The van der Waals surface area contributed by atoms with Crippen LogP contribution in [0.1, 0.15) is 6.92 Å². The van der Waals surface area contributed by atoms with E-state index < -0.39 is 0 Å². The van der Waals surface area contributed by atoms with Crippen molar-refractivity contribution in [1.29, 1.82) is 0 Å². The first kappa shape index (κ1) is 13.8. The van der Waals surface area contributed by atoms with E-state index in [2.05, 4.69) is 17.9 Å². The highest BCUT2D eigenvalue weighted by Crippen LogP contribution is 2.19. The largest absolute Gasteiger partial charge is 0.492 e. The van der Waals surface area contributed by atoms with Gasteiger partial charge in [-0.2, -0.15) is 0 Å². The third-order valence-electron chi connectivity index (χ3n) is 2.93. The zero-order valence-electron chi connectivity index (χ0n) is 11.1. The number of ether oxygens (including phenoxy) is 1. The highest BCUT2D eigenvalue weighted by molar-refractivity contribution is 6.30. The molecule has 19 heavy (non-hydrogen) atoms. The molecule has 100 valence electrons. The lowest BCUT2D eigenvalue weighted by Gasteiger charge is -2.23. The Hall–Kier alpha value is -1.67. The first-order chi connectivity index (χ1) is 9.29. The van der Waals surface area contributed by atoms with Gasteiger partial charge in [0.1, 0.15) is 12.4 Å². The van der Waals surface area contributed by atoms with Gasteiger partial charge < -0.3 is 9.64 Å². The van der Waals surface area contributed by atoms with E-state index >= 15 is 0 Å². The number of rotatable bonds is 6. The Balaban J connectivity index is 1.89. The molecule has 0 spiro atoms. The number of halogens is 1. The third kappa shape index (κ3) is 4.18. The molecule has 0 saturated heterocycles. The number of hydrogen-bond acceptors (Lipinski definition) is 2. The van der Waals surface area contributed by atoms with E-state index in [4.69, 9.17) is 16.3 Å². The molecule has 0 aliphatic rings. The van der Waals surface area contributed by atoms with Crippen LogP contribution < -0.4 is 9.64 Å². The summed E-state index contributed by atoms with van der Waals surface area (Å²) in [5.41, 5.74) is 1.13. The van der Waals surface area contributed by atoms with Crippen molar-refractivity contribution in [2.75, 3.05) is 24.6 Å². The fourth-order valence-electron chi connectivity index (χ4n) is 1.93. The van der Waals surface area contributed by atoms with Crippen molar-refractivity contribution < 1.29 is 4.74 Å². The lowest BCUT2D eigenvalue weighted by molar-refractivity contribution is 0.324. The normalized spacial score (nSPS) is 10.2. The maximum absolute atomic E-state index is 6.02. The molecule has 0 N–H and O–H groups in total. The Labute approximate surface area is 119 Å². The summed E-state index contributed by atoms with van der Waals surface area (Å²) in [6.45, 7) is 4.55. The summed E-state index contributed by atoms with van der Waals surface area (Å²) < 4.78 is 5.72. The van der Waals surface area contributed by atoms with Crippen molar-refractivity contribution in [3.05, 3.63) is 59.6 Å². The lowest BCUT2D eigenvalue weighted by Crippen LogP contribution is -2.27. The van der Waals surface area contributed by atoms with E-state index in [1.165, 1.54) is 0 Å². The number of hydrogen-bond donors (Lipinski definition) is 0. The van der Waals surface area contributed by atoms with Crippen LogP contribution >= 0.6 is 11.6 Å². The summed E-state index contributed by atoms with van der Waals surface area (Å²) in [4.78, 5) is 2.24. The smallest absolute Gasteiger partial charge is 0.119 e. The van der Waals surface area contributed by atoms with Crippen LogP contribution in [0.3, 0.4) is 0 Å². The summed E-state index contributed by atoms with van der Waals surface area (Å²) >= 11 is 6.02. The molecule has 0 atom stereocenters. The molecule has 2 aromatic carbocycles. The summed E-state index contributed by atoms with van der Waals surface area (Å²) in [5.74, 6) is 0.907. The van der Waals surface area contributed by atoms with E-state index in [9.17, 15) is 0 Å². The minimum absolute atomic E-state index is 0.657. The molecule has 2 rings (SSSR count). The number of benzene rings is 2. The highest BCUT2D eigenvalue weighted by Gasteiger charge is 2.04. The standard InChI is InChI=1S/C16H18ClNO/c1-2-18(15-8-6-7-14(17)13-15)11-12-19-16-9-4-3-5-10-16/h3-10,13H,2,11-12H2,1H3. The minimum Gasteiger partial charge on any atom is -0.492 e. The Kier molecular flexibility index (Phi) is 5.10. The Morgan fingerprint density at radius 2 is 1.84 bits per heavy atom. The average molecular weight is 276 g/mol. The quantitative estimate of drug-likeness (QED) is 0.782. The van der Waals surface area contributed by atoms with E-state index in [0.717, 1.165) is 29.5 Å². The van der Waals surface area contributed by atoms with Crippen molar-refractivity contribution >= 4 is 17.3 Å².